The number of benzene rings is 1. The van der Waals surface area contributed by atoms with Crippen molar-refractivity contribution in [2.24, 2.45) is 5.73 Å². The third-order valence-corrected chi connectivity index (χ3v) is 4.82. The second-order valence-electron chi connectivity index (χ2n) is 4.86. The number of nitrogens with zero attached hydrogens (tertiary/aromatic N) is 1. The van der Waals surface area contributed by atoms with Gasteiger partial charge in [0.15, 0.2) is 0 Å². The maximum Gasteiger partial charge on any atom is 0.137 e. The van der Waals surface area contributed by atoms with E-state index in [-0.39, 0.29) is 5.84 Å². The maximum absolute atomic E-state index is 7.40. The molecule has 4 nitrogen and oxygen atoms in total. The molecule has 0 amide bonds. The van der Waals surface area contributed by atoms with E-state index in [2.05, 4.69) is 4.98 Å². The highest BCUT2D eigenvalue weighted by Crippen LogP contribution is 2.36. The molecule has 0 saturated heterocycles. The van der Waals surface area contributed by atoms with Crippen LogP contribution in [0.2, 0.25) is 5.02 Å². The van der Waals surface area contributed by atoms with Gasteiger partial charge in [-0.05, 0) is 48.0 Å². The van der Waals surface area contributed by atoms with Crippen LogP contribution in [-0.2, 0) is 0 Å². The van der Waals surface area contributed by atoms with Gasteiger partial charge in [-0.25, -0.2) is 0 Å². The number of amidine groups is 1. The van der Waals surface area contributed by atoms with Crippen LogP contribution in [0, 0.1) is 5.41 Å². The third-order valence-electron chi connectivity index (χ3n) is 3.37. The Bertz CT molecular complexity index is 859. The topological polar surface area (TPSA) is 72.0 Å². The number of nitrogen functional groups attached to an aromatic ring is 1. The molecular weight excluding hydrogens is 330 g/mol. The van der Waals surface area contributed by atoms with Crippen molar-refractivity contribution in [1.82, 2.24) is 4.98 Å². The molecule has 2 heterocycles. The summed E-state index contributed by atoms with van der Waals surface area (Å²) in [7, 11) is 1.60. The molecule has 0 bridgehead atoms. The average Bonchev–Trinajstić information content (AvgIpc) is 3.05. The lowest BCUT2D eigenvalue weighted by Crippen LogP contribution is -2.10. The minimum Gasteiger partial charge on any atom is -0.495 e. The third kappa shape index (κ3) is 3.21. The summed E-state index contributed by atoms with van der Waals surface area (Å²) in [6.45, 7) is 0. The summed E-state index contributed by atoms with van der Waals surface area (Å²) in [6.07, 6.45) is 1.61. The number of aromatic nitrogens is 1. The van der Waals surface area contributed by atoms with Crippen LogP contribution in [0.25, 0.3) is 21.0 Å². The molecule has 1 aromatic carbocycles. The molecule has 0 aliphatic heterocycles. The number of nitrogens with one attached hydrogen (secondary N) is 1. The fraction of sp³-hybridized carbons (Fsp3) is 0.0588. The summed E-state index contributed by atoms with van der Waals surface area (Å²) >= 11 is 7.81. The van der Waals surface area contributed by atoms with Crippen LogP contribution in [-0.4, -0.2) is 17.9 Å². The van der Waals surface area contributed by atoms with E-state index in [1.807, 2.05) is 36.4 Å². The number of nitrogens with two attached hydrogens (primary N) is 1. The van der Waals surface area contributed by atoms with Crippen LogP contribution in [0.1, 0.15) is 5.56 Å². The first-order valence-electron chi connectivity index (χ1n) is 6.83. The number of pyridine rings is 1. The lowest BCUT2D eigenvalue weighted by molar-refractivity contribution is 0.415. The molecule has 0 saturated carbocycles. The fourth-order valence-electron chi connectivity index (χ4n) is 2.15. The Morgan fingerprint density at radius 3 is 2.57 bits per heavy atom. The molecule has 0 atom stereocenters. The molecule has 0 radical (unpaired) electrons. The van der Waals surface area contributed by atoms with Crippen molar-refractivity contribution in [3.05, 3.63) is 59.2 Å². The summed E-state index contributed by atoms with van der Waals surface area (Å²) in [6, 6.07) is 13.5. The summed E-state index contributed by atoms with van der Waals surface area (Å²) in [5.41, 5.74) is 7.95. The first-order chi connectivity index (χ1) is 11.1. The smallest absolute Gasteiger partial charge is 0.137 e. The Kier molecular flexibility index (Phi) is 4.32. The van der Waals surface area contributed by atoms with E-state index in [0.29, 0.717) is 16.3 Å². The molecule has 2 aromatic heterocycles. The van der Waals surface area contributed by atoms with Crippen LogP contribution in [0.3, 0.4) is 0 Å². The average molecular weight is 344 g/mol. The van der Waals surface area contributed by atoms with Crippen LogP contribution in [0.4, 0.5) is 0 Å². The van der Waals surface area contributed by atoms with Gasteiger partial charge >= 0.3 is 0 Å². The minimum atomic E-state index is 0.0174. The highest BCUT2D eigenvalue weighted by molar-refractivity contribution is 7.18. The summed E-state index contributed by atoms with van der Waals surface area (Å²) < 4.78 is 5.17. The van der Waals surface area contributed by atoms with Crippen LogP contribution >= 0.6 is 22.9 Å². The van der Waals surface area contributed by atoms with Gasteiger partial charge < -0.3 is 10.5 Å². The van der Waals surface area contributed by atoms with Gasteiger partial charge in [0.05, 0.1) is 22.7 Å². The Morgan fingerprint density at radius 2 is 1.96 bits per heavy atom. The second-order valence-corrected chi connectivity index (χ2v) is 6.35. The Labute approximate surface area is 143 Å². The first kappa shape index (κ1) is 15.5. The number of halogens is 1. The van der Waals surface area contributed by atoms with Gasteiger partial charge in [0.25, 0.3) is 0 Å². The van der Waals surface area contributed by atoms with E-state index in [1.165, 1.54) is 0 Å². The number of methoxy groups -OCH3 is 1. The van der Waals surface area contributed by atoms with Gasteiger partial charge in [-0.2, -0.15) is 0 Å². The lowest BCUT2D eigenvalue weighted by atomic mass is 10.2. The van der Waals surface area contributed by atoms with E-state index in [1.54, 1.807) is 30.7 Å². The summed E-state index contributed by atoms with van der Waals surface area (Å²) in [4.78, 5) is 6.51. The largest absolute Gasteiger partial charge is 0.495 e. The van der Waals surface area contributed by atoms with Gasteiger partial charge in [0.1, 0.15) is 11.6 Å². The van der Waals surface area contributed by atoms with Crippen molar-refractivity contribution in [3.8, 4) is 26.8 Å². The van der Waals surface area contributed by atoms with Crippen molar-refractivity contribution in [3.63, 3.8) is 0 Å². The van der Waals surface area contributed by atoms with Crippen LogP contribution in [0.5, 0.6) is 5.75 Å². The number of hydrogen-bond donors (Lipinski definition) is 2. The van der Waals surface area contributed by atoms with Gasteiger partial charge in [0.2, 0.25) is 0 Å². The zero-order chi connectivity index (χ0) is 16.4. The molecule has 0 aliphatic rings. The SMILES string of the molecule is COc1ccc(-c2ccc(-c3ccc(C(=N)N)cn3)s2)cc1Cl. The highest BCUT2D eigenvalue weighted by atomic mass is 35.5. The van der Waals surface area contributed by atoms with E-state index < -0.39 is 0 Å². The number of rotatable bonds is 4. The Balaban J connectivity index is 1.91. The first-order valence-corrected chi connectivity index (χ1v) is 8.02. The maximum atomic E-state index is 7.40. The monoisotopic (exact) mass is 343 g/mol. The molecule has 0 spiro atoms. The van der Waals surface area contributed by atoms with Gasteiger partial charge in [-0.15, -0.1) is 11.3 Å². The molecule has 3 N–H and O–H groups in total. The molecule has 3 aromatic rings. The van der Waals surface area contributed by atoms with Crippen molar-refractivity contribution in [2.45, 2.75) is 0 Å². The molecule has 116 valence electrons. The predicted molar refractivity (Wildman–Crippen MR) is 95.6 cm³/mol. The van der Waals surface area contributed by atoms with Gasteiger partial charge in [-0.1, -0.05) is 11.6 Å². The quantitative estimate of drug-likeness (QED) is 0.544. The second kappa shape index (κ2) is 6.40. The lowest BCUT2D eigenvalue weighted by Gasteiger charge is -2.04. The molecular formula is C17H14ClN3OS. The standard InChI is InChI=1S/C17H14ClN3OS/c1-22-14-5-3-10(8-12(14)18)15-6-7-16(23-15)13-4-2-11(9-21-13)17(19)20/h2-9H,1H3,(H3,19,20). The van der Waals surface area contributed by atoms with Crippen molar-refractivity contribution < 1.29 is 4.74 Å². The molecule has 3 rings (SSSR count). The van der Waals surface area contributed by atoms with Crippen molar-refractivity contribution in [1.29, 1.82) is 5.41 Å². The zero-order valence-electron chi connectivity index (χ0n) is 12.3. The number of hydrogen-bond acceptors (Lipinski definition) is 4. The Hall–Kier alpha value is -2.37. The minimum absolute atomic E-state index is 0.0174. The van der Waals surface area contributed by atoms with Crippen molar-refractivity contribution in [2.75, 3.05) is 7.11 Å². The number of ether oxygens (including phenoxy) is 1. The van der Waals surface area contributed by atoms with Crippen LogP contribution in [0.15, 0.2) is 48.7 Å². The predicted octanol–water partition coefficient (Wildman–Crippen LogP) is 4.42. The Morgan fingerprint density at radius 1 is 1.17 bits per heavy atom. The molecule has 0 unspecified atom stereocenters. The molecule has 0 aliphatic carbocycles. The van der Waals surface area contributed by atoms with Gasteiger partial charge in [-0.3, -0.25) is 10.4 Å². The van der Waals surface area contributed by atoms with Gasteiger partial charge in [0, 0.05) is 16.6 Å². The fourth-order valence-corrected chi connectivity index (χ4v) is 3.39. The van der Waals surface area contributed by atoms with E-state index in [9.17, 15) is 0 Å². The summed E-state index contributed by atoms with van der Waals surface area (Å²) in [5, 5.41) is 7.98. The van der Waals surface area contributed by atoms with Crippen LogP contribution < -0.4 is 10.5 Å². The normalized spacial score (nSPS) is 10.5. The van der Waals surface area contributed by atoms with E-state index >= 15 is 0 Å². The zero-order valence-corrected chi connectivity index (χ0v) is 13.9. The van der Waals surface area contributed by atoms with E-state index in [0.717, 1.165) is 21.0 Å². The molecule has 23 heavy (non-hydrogen) atoms. The number of thiophene rings is 1. The highest BCUT2D eigenvalue weighted by Gasteiger charge is 2.09. The van der Waals surface area contributed by atoms with Crippen molar-refractivity contribution >= 4 is 28.8 Å². The molecule has 6 heteroatoms. The molecule has 0 fully saturated rings. The summed E-state index contributed by atoms with van der Waals surface area (Å²) in [5.74, 6) is 0.678. The van der Waals surface area contributed by atoms with E-state index in [4.69, 9.17) is 27.5 Å².